The average Bonchev–Trinajstić information content (AvgIpc) is 3.42. The van der Waals surface area contributed by atoms with Gasteiger partial charge in [0.25, 0.3) is 0 Å². The quantitative estimate of drug-likeness (QED) is 0.671. The van der Waals surface area contributed by atoms with Crippen LogP contribution in [0.5, 0.6) is 11.5 Å². The molecule has 0 radical (unpaired) electrons. The van der Waals surface area contributed by atoms with Crippen LogP contribution in [0.25, 0.3) is 0 Å². The Morgan fingerprint density at radius 3 is 2.62 bits per heavy atom. The van der Waals surface area contributed by atoms with Crippen LogP contribution in [0.15, 0.2) is 47.4 Å². The molecule has 4 rings (SSSR count). The highest BCUT2D eigenvalue weighted by molar-refractivity contribution is 7.89. The molecule has 2 aromatic rings. The topological polar surface area (TPSA) is 82.1 Å². The van der Waals surface area contributed by atoms with E-state index < -0.39 is 16.0 Å². The number of hydrogen-bond acceptors (Lipinski definition) is 6. The molecule has 7 nitrogen and oxygen atoms in total. The van der Waals surface area contributed by atoms with Crippen molar-refractivity contribution in [1.29, 1.82) is 0 Å². The largest absolute Gasteiger partial charge is 0.465 e. The van der Waals surface area contributed by atoms with Gasteiger partial charge in [-0.2, -0.15) is 4.31 Å². The van der Waals surface area contributed by atoms with Crippen molar-refractivity contribution in [3.05, 3.63) is 53.6 Å². The molecule has 0 aromatic heterocycles. The Kier molecular flexibility index (Phi) is 5.47. The fourth-order valence-electron chi connectivity index (χ4n) is 3.86. The van der Waals surface area contributed by atoms with Gasteiger partial charge in [-0.05, 0) is 48.7 Å². The van der Waals surface area contributed by atoms with Gasteiger partial charge in [0.15, 0.2) is 11.5 Å². The molecule has 29 heavy (non-hydrogen) atoms. The minimum absolute atomic E-state index is 0.0767. The van der Waals surface area contributed by atoms with Gasteiger partial charge >= 0.3 is 5.97 Å². The molecule has 2 aliphatic rings. The van der Waals surface area contributed by atoms with Gasteiger partial charge in [-0.15, -0.1) is 0 Å². The third kappa shape index (κ3) is 3.95. The summed E-state index contributed by atoms with van der Waals surface area (Å²) in [4.78, 5) is 12.0. The van der Waals surface area contributed by atoms with Gasteiger partial charge in [0.1, 0.15) is 0 Å². The van der Waals surface area contributed by atoms with E-state index in [0.717, 1.165) is 31.2 Å². The predicted octanol–water partition coefficient (Wildman–Crippen LogP) is 3.34. The van der Waals surface area contributed by atoms with E-state index in [-0.39, 0.29) is 29.8 Å². The van der Waals surface area contributed by atoms with Crippen LogP contribution in [-0.4, -0.2) is 38.6 Å². The van der Waals surface area contributed by atoms with E-state index in [0.29, 0.717) is 11.5 Å². The molecule has 1 aliphatic carbocycles. The van der Waals surface area contributed by atoms with Gasteiger partial charge in [-0.3, -0.25) is 0 Å². The Morgan fingerprint density at radius 2 is 1.86 bits per heavy atom. The number of carbonyl (C=O) groups is 1. The number of methoxy groups -OCH3 is 1. The summed E-state index contributed by atoms with van der Waals surface area (Å²) >= 11 is 0. The standard InChI is InChI=1S/C21H23NO6S/c1-26-21(23)16-5-4-8-18(12-16)29(24,25)22(17-6-2-3-7-17)13-15-9-10-19-20(11-15)28-14-27-19/h4-5,8-12,17H,2-3,6-7,13-14H2,1H3. The first-order chi connectivity index (χ1) is 14.0. The Bertz CT molecular complexity index is 1010. The maximum atomic E-state index is 13.5. The summed E-state index contributed by atoms with van der Waals surface area (Å²) in [6.07, 6.45) is 3.64. The smallest absolute Gasteiger partial charge is 0.337 e. The van der Waals surface area contributed by atoms with Crippen molar-refractivity contribution in [3.63, 3.8) is 0 Å². The Hall–Kier alpha value is -2.58. The number of hydrogen-bond donors (Lipinski definition) is 0. The number of benzene rings is 2. The van der Waals surface area contributed by atoms with Crippen LogP contribution in [0.2, 0.25) is 0 Å². The van der Waals surface area contributed by atoms with E-state index in [1.54, 1.807) is 22.5 Å². The third-order valence-electron chi connectivity index (χ3n) is 5.37. The van der Waals surface area contributed by atoms with Crippen LogP contribution in [-0.2, 0) is 21.3 Å². The normalized spacial score (nSPS) is 16.3. The molecule has 0 amide bonds. The maximum Gasteiger partial charge on any atom is 0.337 e. The Labute approximate surface area is 170 Å². The van der Waals surface area contributed by atoms with Crippen LogP contribution in [0.3, 0.4) is 0 Å². The van der Waals surface area contributed by atoms with Gasteiger partial charge in [0.05, 0.1) is 17.6 Å². The van der Waals surface area contributed by atoms with Crippen molar-refractivity contribution >= 4 is 16.0 Å². The van der Waals surface area contributed by atoms with Crippen LogP contribution < -0.4 is 9.47 Å². The molecule has 0 atom stereocenters. The Balaban J connectivity index is 1.68. The van der Waals surface area contributed by atoms with Crippen LogP contribution in [0.1, 0.15) is 41.6 Å². The summed E-state index contributed by atoms with van der Waals surface area (Å²) in [5.74, 6) is 0.721. The highest BCUT2D eigenvalue weighted by Crippen LogP contribution is 2.35. The number of rotatable bonds is 6. The van der Waals surface area contributed by atoms with Gasteiger partial charge in [0, 0.05) is 12.6 Å². The summed E-state index contributed by atoms with van der Waals surface area (Å²) in [5.41, 5.74) is 1.04. The molecule has 1 saturated carbocycles. The molecule has 1 fully saturated rings. The van der Waals surface area contributed by atoms with Crippen LogP contribution in [0.4, 0.5) is 0 Å². The van der Waals surface area contributed by atoms with Gasteiger partial charge < -0.3 is 14.2 Å². The van der Waals surface area contributed by atoms with Crippen molar-refractivity contribution in [2.24, 2.45) is 0 Å². The molecule has 0 bridgehead atoms. The summed E-state index contributed by atoms with van der Waals surface area (Å²) < 4.78 is 44.1. The molecule has 154 valence electrons. The molecule has 0 N–H and O–H groups in total. The zero-order valence-corrected chi connectivity index (χ0v) is 17.0. The highest BCUT2D eigenvalue weighted by Gasteiger charge is 2.34. The minimum atomic E-state index is -3.81. The molecule has 2 aromatic carbocycles. The minimum Gasteiger partial charge on any atom is -0.465 e. The lowest BCUT2D eigenvalue weighted by Gasteiger charge is -2.28. The SMILES string of the molecule is COC(=O)c1cccc(S(=O)(=O)N(Cc2ccc3c(c2)OCO3)C2CCCC2)c1. The summed E-state index contributed by atoms with van der Waals surface area (Å²) in [6, 6.07) is 11.4. The first kappa shape index (κ1) is 19.7. The van der Waals surface area contributed by atoms with Crippen molar-refractivity contribution in [2.75, 3.05) is 13.9 Å². The van der Waals surface area contributed by atoms with E-state index in [1.807, 2.05) is 12.1 Å². The fourth-order valence-corrected chi connectivity index (χ4v) is 5.58. The van der Waals surface area contributed by atoms with E-state index >= 15 is 0 Å². The van der Waals surface area contributed by atoms with E-state index in [2.05, 4.69) is 0 Å². The van der Waals surface area contributed by atoms with E-state index in [4.69, 9.17) is 14.2 Å². The number of fused-ring (bicyclic) bond motifs is 1. The first-order valence-electron chi connectivity index (χ1n) is 9.58. The molecule has 0 spiro atoms. The van der Waals surface area contributed by atoms with Crippen molar-refractivity contribution in [1.82, 2.24) is 4.31 Å². The number of carbonyl (C=O) groups excluding carboxylic acids is 1. The monoisotopic (exact) mass is 417 g/mol. The first-order valence-corrected chi connectivity index (χ1v) is 11.0. The number of sulfonamides is 1. The average molecular weight is 417 g/mol. The second kappa shape index (κ2) is 8.04. The zero-order chi connectivity index (χ0) is 20.4. The van der Waals surface area contributed by atoms with Crippen molar-refractivity contribution in [3.8, 4) is 11.5 Å². The second-order valence-electron chi connectivity index (χ2n) is 7.20. The van der Waals surface area contributed by atoms with Gasteiger partial charge in [0.2, 0.25) is 16.8 Å². The summed E-state index contributed by atoms with van der Waals surface area (Å²) in [7, 11) is -2.54. The number of ether oxygens (including phenoxy) is 3. The molecule has 8 heteroatoms. The molecule has 0 saturated heterocycles. The van der Waals surface area contributed by atoms with E-state index in [1.165, 1.54) is 19.2 Å². The van der Waals surface area contributed by atoms with Gasteiger partial charge in [-0.25, -0.2) is 13.2 Å². The third-order valence-corrected chi connectivity index (χ3v) is 7.26. The number of nitrogens with zero attached hydrogens (tertiary/aromatic N) is 1. The molecule has 1 heterocycles. The lowest BCUT2D eigenvalue weighted by atomic mass is 10.1. The van der Waals surface area contributed by atoms with Crippen molar-refractivity contribution in [2.45, 2.75) is 43.2 Å². The summed E-state index contributed by atoms with van der Waals surface area (Å²) in [6.45, 7) is 0.399. The molecule has 1 aliphatic heterocycles. The lowest BCUT2D eigenvalue weighted by Crippen LogP contribution is -2.38. The lowest BCUT2D eigenvalue weighted by molar-refractivity contribution is 0.0600. The Morgan fingerprint density at radius 1 is 1.10 bits per heavy atom. The maximum absolute atomic E-state index is 13.5. The zero-order valence-electron chi connectivity index (χ0n) is 16.2. The van der Waals surface area contributed by atoms with Crippen LogP contribution in [0, 0.1) is 0 Å². The second-order valence-corrected chi connectivity index (χ2v) is 9.09. The molecular formula is C21H23NO6S. The predicted molar refractivity (Wildman–Crippen MR) is 105 cm³/mol. The molecule has 0 unspecified atom stereocenters. The molecular weight excluding hydrogens is 394 g/mol. The highest BCUT2D eigenvalue weighted by atomic mass is 32.2. The van der Waals surface area contributed by atoms with Crippen molar-refractivity contribution < 1.29 is 27.4 Å². The van der Waals surface area contributed by atoms with E-state index in [9.17, 15) is 13.2 Å². The number of esters is 1. The summed E-state index contributed by atoms with van der Waals surface area (Å²) in [5, 5.41) is 0. The van der Waals surface area contributed by atoms with Gasteiger partial charge in [-0.1, -0.05) is 25.0 Å². The van der Waals surface area contributed by atoms with Crippen LogP contribution >= 0.6 is 0 Å². The fraction of sp³-hybridized carbons (Fsp3) is 0.381.